The lowest BCUT2D eigenvalue weighted by Crippen LogP contribution is -2.20. The molecule has 0 bridgehead atoms. The molecule has 1 fully saturated rings. The number of hydrogen-bond donors (Lipinski definition) is 0. The molecule has 18 heavy (non-hydrogen) atoms. The molecule has 0 spiro atoms. The maximum Gasteiger partial charge on any atom is 0.339 e. The molecule has 0 aliphatic heterocycles. The second-order valence-electron chi connectivity index (χ2n) is 4.59. The molecule has 1 heterocycles. The summed E-state index contributed by atoms with van der Waals surface area (Å²) in [5.41, 5.74) is 1.35. The molecule has 1 saturated carbocycles. The maximum absolute atomic E-state index is 12.2. The molecule has 0 atom stereocenters. The van der Waals surface area contributed by atoms with E-state index in [-0.39, 0.29) is 12.1 Å². The van der Waals surface area contributed by atoms with Gasteiger partial charge in [-0.1, -0.05) is 17.0 Å². The summed E-state index contributed by atoms with van der Waals surface area (Å²) in [6.07, 6.45) is 5.63. The lowest BCUT2D eigenvalue weighted by Gasteiger charge is -2.21. The van der Waals surface area contributed by atoms with Crippen molar-refractivity contribution in [1.82, 2.24) is 9.59 Å². The third-order valence-corrected chi connectivity index (χ3v) is 4.10. The van der Waals surface area contributed by atoms with Crippen LogP contribution >= 0.6 is 11.5 Å². The summed E-state index contributed by atoms with van der Waals surface area (Å²) in [6, 6.07) is 5.46. The molecule has 94 valence electrons. The van der Waals surface area contributed by atoms with Crippen molar-refractivity contribution in [2.75, 3.05) is 0 Å². The molecule has 1 aromatic carbocycles. The van der Waals surface area contributed by atoms with Gasteiger partial charge in [0.1, 0.15) is 11.6 Å². The Balaban J connectivity index is 1.81. The van der Waals surface area contributed by atoms with E-state index in [0.29, 0.717) is 5.56 Å². The first kappa shape index (κ1) is 11.6. The van der Waals surface area contributed by atoms with Crippen LogP contribution in [-0.2, 0) is 4.74 Å². The van der Waals surface area contributed by atoms with Crippen molar-refractivity contribution in [3.8, 4) is 0 Å². The Hall–Kier alpha value is -1.49. The Bertz CT molecular complexity index is 561. The van der Waals surface area contributed by atoms with E-state index in [0.717, 1.165) is 35.9 Å². The van der Waals surface area contributed by atoms with Crippen LogP contribution in [0.2, 0.25) is 0 Å². The number of hydrogen-bond acceptors (Lipinski definition) is 5. The predicted molar refractivity (Wildman–Crippen MR) is 69.7 cm³/mol. The lowest BCUT2D eigenvalue weighted by atomic mass is 9.98. The van der Waals surface area contributed by atoms with E-state index < -0.39 is 0 Å². The van der Waals surface area contributed by atoms with Gasteiger partial charge in [-0.25, -0.2) is 4.79 Å². The van der Waals surface area contributed by atoms with Crippen molar-refractivity contribution in [2.45, 2.75) is 38.2 Å². The topological polar surface area (TPSA) is 52.1 Å². The number of nitrogens with zero attached hydrogens (tertiary/aromatic N) is 2. The average Bonchev–Trinajstić information content (AvgIpc) is 2.87. The van der Waals surface area contributed by atoms with Crippen LogP contribution in [0.1, 0.15) is 42.5 Å². The second kappa shape index (κ2) is 5.02. The van der Waals surface area contributed by atoms with Gasteiger partial charge >= 0.3 is 5.97 Å². The molecule has 1 aliphatic carbocycles. The number of carbonyl (C=O) groups is 1. The molecule has 0 unspecified atom stereocenters. The summed E-state index contributed by atoms with van der Waals surface area (Å²) in [6.45, 7) is 0. The number of aromatic nitrogens is 2. The van der Waals surface area contributed by atoms with E-state index in [2.05, 4.69) is 9.59 Å². The molecule has 4 nitrogen and oxygen atoms in total. The van der Waals surface area contributed by atoms with Crippen molar-refractivity contribution >= 4 is 27.7 Å². The van der Waals surface area contributed by atoms with Gasteiger partial charge < -0.3 is 4.74 Å². The Labute approximate surface area is 109 Å². The molecule has 0 amide bonds. The smallest absolute Gasteiger partial charge is 0.339 e. The fourth-order valence-corrected chi connectivity index (χ4v) is 3.03. The van der Waals surface area contributed by atoms with Gasteiger partial charge in [-0.15, -0.1) is 5.10 Å². The standard InChI is InChI=1S/C13H14N2O2S/c16-13(17-9-5-2-1-3-6-9)10-7-4-8-11-12(10)18-15-14-11/h4,7-9H,1-3,5-6H2. The van der Waals surface area contributed by atoms with E-state index in [1.807, 2.05) is 12.1 Å². The zero-order valence-electron chi connectivity index (χ0n) is 9.96. The van der Waals surface area contributed by atoms with Crippen molar-refractivity contribution in [2.24, 2.45) is 0 Å². The molecular formula is C13H14N2O2S. The Morgan fingerprint density at radius 3 is 2.94 bits per heavy atom. The Morgan fingerprint density at radius 2 is 2.11 bits per heavy atom. The van der Waals surface area contributed by atoms with Crippen LogP contribution in [0.15, 0.2) is 18.2 Å². The summed E-state index contributed by atoms with van der Waals surface area (Å²) >= 11 is 1.24. The molecule has 2 aromatic rings. The maximum atomic E-state index is 12.2. The quantitative estimate of drug-likeness (QED) is 0.780. The summed E-state index contributed by atoms with van der Waals surface area (Å²) in [5.74, 6) is -0.237. The summed E-state index contributed by atoms with van der Waals surface area (Å²) in [7, 11) is 0. The minimum Gasteiger partial charge on any atom is -0.459 e. The number of ether oxygens (including phenoxy) is 1. The van der Waals surface area contributed by atoms with Crippen LogP contribution < -0.4 is 0 Å². The van der Waals surface area contributed by atoms with Crippen LogP contribution in [0.3, 0.4) is 0 Å². The second-order valence-corrected chi connectivity index (χ2v) is 5.35. The van der Waals surface area contributed by atoms with E-state index in [1.165, 1.54) is 18.0 Å². The van der Waals surface area contributed by atoms with Crippen molar-refractivity contribution in [3.63, 3.8) is 0 Å². The van der Waals surface area contributed by atoms with Gasteiger partial charge in [0.05, 0.1) is 10.3 Å². The molecule has 0 N–H and O–H groups in total. The number of benzene rings is 1. The summed E-state index contributed by atoms with van der Waals surface area (Å²) in [5, 5.41) is 3.97. The van der Waals surface area contributed by atoms with Crippen molar-refractivity contribution < 1.29 is 9.53 Å². The first-order chi connectivity index (χ1) is 8.84. The highest BCUT2D eigenvalue weighted by Crippen LogP contribution is 2.24. The van der Waals surface area contributed by atoms with Crippen molar-refractivity contribution in [1.29, 1.82) is 0 Å². The van der Waals surface area contributed by atoms with Crippen LogP contribution in [0.25, 0.3) is 10.2 Å². The first-order valence-electron chi connectivity index (χ1n) is 6.26. The largest absolute Gasteiger partial charge is 0.459 e. The highest BCUT2D eigenvalue weighted by atomic mass is 32.1. The van der Waals surface area contributed by atoms with Gasteiger partial charge in [0, 0.05) is 0 Å². The van der Waals surface area contributed by atoms with E-state index >= 15 is 0 Å². The third kappa shape index (κ3) is 2.22. The predicted octanol–water partition coefficient (Wildman–Crippen LogP) is 3.18. The molecule has 5 heteroatoms. The number of fused-ring (bicyclic) bond motifs is 1. The Kier molecular flexibility index (Phi) is 3.23. The molecule has 0 radical (unpaired) electrons. The van der Waals surface area contributed by atoms with E-state index in [4.69, 9.17) is 4.74 Å². The first-order valence-corrected chi connectivity index (χ1v) is 7.04. The number of rotatable bonds is 2. The zero-order chi connectivity index (χ0) is 12.4. The van der Waals surface area contributed by atoms with E-state index in [9.17, 15) is 4.79 Å². The highest BCUT2D eigenvalue weighted by Gasteiger charge is 2.20. The average molecular weight is 262 g/mol. The Morgan fingerprint density at radius 1 is 1.28 bits per heavy atom. The van der Waals surface area contributed by atoms with Gasteiger partial charge in [0.25, 0.3) is 0 Å². The van der Waals surface area contributed by atoms with E-state index in [1.54, 1.807) is 6.07 Å². The van der Waals surface area contributed by atoms with Crippen LogP contribution in [0.5, 0.6) is 0 Å². The highest BCUT2D eigenvalue weighted by molar-refractivity contribution is 7.13. The molecule has 3 rings (SSSR count). The number of esters is 1. The van der Waals surface area contributed by atoms with Gasteiger partial charge in [-0.05, 0) is 49.3 Å². The van der Waals surface area contributed by atoms with Crippen LogP contribution in [0.4, 0.5) is 0 Å². The molecule has 1 aliphatic rings. The van der Waals surface area contributed by atoms with Gasteiger partial charge in [-0.2, -0.15) is 0 Å². The fourth-order valence-electron chi connectivity index (χ4n) is 2.36. The monoisotopic (exact) mass is 262 g/mol. The lowest BCUT2D eigenvalue weighted by molar-refractivity contribution is 0.0213. The van der Waals surface area contributed by atoms with Gasteiger partial charge in [0.2, 0.25) is 0 Å². The SMILES string of the molecule is O=C(OC1CCCCC1)c1cccc2nnsc12. The normalized spacial score (nSPS) is 16.9. The van der Waals surface area contributed by atoms with Crippen LogP contribution in [-0.4, -0.2) is 21.7 Å². The third-order valence-electron chi connectivity index (χ3n) is 3.32. The van der Waals surface area contributed by atoms with Crippen LogP contribution in [0, 0.1) is 0 Å². The van der Waals surface area contributed by atoms with Gasteiger partial charge in [0.15, 0.2) is 0 Å². The minimum atomic E-state index is -0.237. The molecule has 1 aromatic heterocycles. The summed E-state index contributed by atoms with van der Waals surface area (Å²) in [4.78, 5) is 12.2. The van der Waals surface area contributed by atoms with Gasteiger partial charge in [-0.3, -0.25) is 0 Å². The fraction of sp³-hybridized carbons (Fsp3) is 0.462. The minimum absolute atomic E-state index is 0.0855. The summed E-state index contributed by atoms with van der Waals surface area (Å²) < 4.78 is 10.3. The van der Waals surface area contributed by atoms with Crippen molar-refractivity contribution in [3.05, 3.63) is 23.8 Å². The number of carbonyl (C=O) groups excluding carboxylic acids is 1. The molecular weight excluding hydrogens is 248 g/mol. The molecule has 0 saturated heterocycles. The zero-order valence-corrected chi connectivity index (χ0v) is 10.8.